The molecule has 0 N–H and O–H groups in total. The van der Waals surface area contributed by atoms with Gasteiger partial charge in [0, 0.05) is 0 Å². The molecule has 1 aromatic carbocycles. The van der Waals surface area contributed by atoms with E-state index in [1.54, 1.807) is 0 Å². The summed E-state index contributed by atoms with van der Waals surface area (Å²) in [7, 11) is 0. The van der Waals surface area contributed by atoms with Gasteiger partial charge in [-0.2, -0.15) is 0 Å². The van der Waals surface area contributed by atoms with Crippen LogP contribution in [0.1, 0.15) is 109 Å². The lowest BCUT2D eigenvalue weighted by molar-refractivity contribution is 0.140. The fourth-order valence-electron chi connectivity index (χ4n) is 6.12. The molecule has 32 heavy (non-hydrogen) atoms. The van der Waals surface area contributed by atoms with Gasteiger partial charge in [0.05, 0.1) is 0 Å². The van der Waals surface area contributed by atoms with Gasteiger partial charge >= 0.3 is 0 Å². The fourth-order valence-corrected chi connectivity index (χ4v) is 6.12. The zero-order valence-corrected chi connectivity index (χ0v) is 20.1. The zero-order valence-electron chi connectivity index (χ0n) is 20.1. The van der Waals surface area contributed by atoms with Crippen molar-refractivity contribution in [2.24, 2.45) is 23.7 Å². The van der Waals surface area contributed by atoms with Crippen molar-refractivity contribution in [3.8, 4) is 0 Å². The van der Waals surface area contributed by atoms with E-state index in [0.29, 0.717) is 17.9 Å². The lowest BCUT2D eigenvalue weighted by Gasteiger charge is -2.38. The standard InChI is InChI=1S/C29H43F3/c1-2-3-4-5-6-7-8-9-22-12-16-25(17-13-22)26-18-14-23(15-19-26)10-11-24-20-27(30)29(32)28(31)21-24/h4-5,20-23,25-26H,2-3,6-19H2,1H3/b5-4+. The molecule has 2 fully saturated rings. The molecule has 180 valence electrons. The van der Waals surface area contributed by atoms with Gasteiger partial charge in [-0.05, 0) is 99.2 Å². The summed E-state index contributed by atoms with van der Waals surface area (Å²) in [6.45, 7) is 2.23. The number of benzene rings is 1. The van der Waals surface area contributed by atoms with Crippen LogP contribution >= 0.6 is 0 Å². The van der Waals surface area contributed by atoms with Gasteiger partial charge in [-0.1, -0.05) is 64.0 Å². The highest BCUT2D eigenvalue weighted by Gasteiger charge is 2.30. The fraction of sp³-hybridized carbons (Fsp3) is 0.724. The summed E-state index contributed by atoms with van der Waals surface area (Å²) in [4.78, 5) is 0. The van der Waals surface area contributed by atoms with E-state index >= 15 is 0 Å². The van der Waals surface area contributed by atoms with Crippen molar-refractivity contribution in [3.05, 3.63) is 47.3 Å². The molecule has 2 aliphatic carbocycles. The van der Waals surface area contributed by atoms with Crippen LogP contribution in [0.2, 0.25) is 0 Å². The van der Waals surface area contributed by atoms with Crippen molar-refractivity contribution in [2.45, 2.75) is 110 Å². The Balaban J connectivity index is 1.28. The Kier molecular flexibility index (Phi) is 10.7. The predicted molar refractivity (Wildman–Crippen MR) is 128 cm³/mol. The first-order chi connectivity index (χ1) is 15.6. The van der Waals surface area contributed by atoms with Crippen LogP contribution in [-0.4, -0.2) is 0 Å². The Morgan fingerprint density at radius 2 is 1.25 bits per heavy atom. The summed E-state index contributed by atoms with van der Waals surface area (Å²) in [5, 5.41) is 0. The van der Waals surface area contributed by atoms with Gasteiger partial charge in [0.25, 0.3) is 0 Å². The average Bonchev–Trinajstić information content (AvgIpc) is 2.81. The van der Waals surface area contributed by atoms with Crippen molar-refractivity contribution in [1.82, 2.24) is 0 Å². The monoisotopic (exact) mass is 448 g/mol. The first-order valence-electron chi connectivity index (χ1n) is 13.3. The van der Waals surface area contributed by atoms with Crippen molar-refractivity contribution in [1.29, 1.82) is 0 Å². The number of unbranched alkanes of at least 4 members (excludes halogenated alkanes) is 3. The van der Waals surface area contributed by atoms with Crippen LogP contribution in [0, 0.1) is 41.1 Å². The van der Waals surface area contributed by atoms with Crippen LogP contribution in [0.4, 0.5) is 13.2 Å². The summed E-state index contributed by atoms with van der Waals surface area (Å²) < 4.78 is 40.0. The summed E-state index contributed by atoms with van der Waals surface area (Å²) in [5.74, 6) is -0.0836. The summed E-state index contributed by atoms with van der Waals surface area (Å²) in [6, 6.07) is 2.32. The maximum absolute atomic E-state index is 13.4. The highest BCUT2D eigenvalue weighted by molar-refractivity contribution is 5.19. The third-order valence-corrected chi connectivity index (χ3v) is 8.19. The highest BCUT2D eigenvalue weighted by atomic mass is 19.2. The first kappa shape index (κ1) is 25.4. The minimum atomic E-state index is -1.36. The summed E-state index contributed by atoms with van der Waals surface area (Å²) >= 11 is 0. The van der Waals surface area contributed by atoms with Crippen molar-refractivity contribution < 1.29 is 13.2 Å². The van der Waals surface area contributed by atoms with Crippen molar-refractivity contribution in [3.63, 3.8) is 0 Å². The van der Waals surface area contributed by atoms with Crippen LogP contribution in [0.3, 0.4) is 0 Å². The van der Waals surface area contributed by atoms with Crippen LogP contribution in [0.25, 0.3) is 0 Å². The van der Waals surface area contributed by atoms with Crippen LogP contribution < -0.4 is 0 Å². The molecule has 3 rings (SSSR count). The molecule has 0 heterocycles. The van der Waals surface area contributed by atoms with E-state index in [-0.39, 0.29) is 0 Å². The number of allylic oxidation sites excluding steroid dienone is 2. The molecule has 0 spiro atoms. The summed E-state index contributed by atoms with van der Waals surface area (Å²) in [6.07, 6.45) is 25.0. The highest BCUT2D eigenvalue weighted by Crippen LogP contribution is 2.43. The Labute approximate surface area is 194 Å². The van der Waals surface area contributed by atoms with E-state index in [1.807, 2.05) is 0 Å². The third-order valence-electron chi connectivity index (χ3n) is 8.19. The molecule has 0 radical (unpaired) electrons. The van der Waals surface area contributed by atoms with Crippen LogP contribution in [0.5, 0.6) is 0 Å². The smallest absolute Gasteiger partial charge is 0.194 e. The van der Waals surface area contributed by atoms with E-state index in [4.69, 9.17) is 0 Å². The quantitative estimate of drug-likeness (QED) is 0.180. The van der Waals surface area contributed by atoms with Gasteiger partial charge in [0.1, 0.15) is 0 Å². The van der Waals surface area contributed by atoms with E-state index in [0.717, 1.165) is 36.3 Å². The van der Waals surface area contributed by atoms with Crippen molar-refractivity contribution in [2.75, 3.05) is 0 Å². The molecule has 0 amide bonds. The Hall–Kier alpha value is -1.25. The second kappa shape index (κ2) is 13.5. The summed E-state index contributed by atoms with van der Waals surface area (Å²) in [5.41, 5.74) is 0.582. The van der Waals surface area contributed by atoms with Gasteiger partial charge in [0.2, 0.25) is 0 Å². The van der Waals surface area contributed by atoms with Gasteiger partial charge < -0.3 is 0 Å². The maximum atomic E-state index is 13.4. The molecule has 0 atom stereocenters. The molecular weight excluding hydrogens is 405 g/mol. The number of aryl methyl sites for hydroxylation is 1. The van der Waals surface area contributed by atoms with Crippen LogP contribution in [-0.2, 0) is 6.42 Å². The minimum Gasteiger partial charge on any atom is -0.204 e. The lowest BCUT2D eigenvalue weighted by Crippen LogP contribution is -2.26. The molecule has 0 saturated heterocycles. The Morgan fingerprint density at radius 1 is 0.719 bits per heavy atom. The molecule has 0 unspecified atom stereocenters. The van der Waals surface area contributed by atoms with Gasteiger partial charge in [-0.15, -0.1) is 0 Å². The van der Waals surface area contributed by atoms with Gasteiger partial charge in [-0.3, -0.25) is 0 Å². The second-order valence-corrected chi connectivity index (χ2v) is 10.5. The largest absolute Gasteiger partial charge is 0.204 e. The number of hydrogen-bond donors (Lipinski definition) is 0. The number of halogens is 3. The maximum Gasteiger partial charge on any atom is 0.194 e. The number of rotatable bonds is 11. The minimum absolute atomic E-state index is 0.582. The molecule has 1 aromatic rings. The molecule has 2 aliphatic rings. The molecule has 0 nitrogen and oxygen atoms in total. The van der Waals surface area contributed by atoms with E-state index < -0.39 is 17.5 Å². The van der Waals surface area contributed by atoms with E-state index in [2.05, 4.69) is 19.1 Å². The van der Waals surface area contributed by atoms with Gasteiger partial charge in [0.15, 0.2) is 17.5 Å². The SMILES string of the molecule is CCC/C=C/CCCCC1CCC(C2CCC(CCc3cc(F)c(F)c(F)c3)CC2)CC1. The van der Waals surface area contributed by atoms with E-state index in [1.165, 1.54) is 89.9 Å². The molecule has 3 heteroatoms. The van der Waals surface area contributed by atoms with Gasteiger partial charge in [-0.25, -0.2) is 13.2 Å². The number of hydrogen-bond acceptors (Lipinski definition) is 0. The second-order valence-electron chi connectivity index (χ2n) is 10.5. The first-order valence-corrected chi connectivity index (χ1v) is 13.3. The van der Waals surface area contributed by atoms with Crippen molar-refractivity contribution >= 4 is 0 Å². The van der Waals surface area contributed by atoms with Crippen LogP contribution in [0.15, 0.2) is 24.3 Å². The molecular formula is C29H43F3. The molecule has 0 aromatic heterocycles. The molecule has 0 aliphatic heterocycles. The molecule has 2 saturated carbocycles. The van der Waals surface area contributed by atoms with E-state index in [9.17, 15) is 13.2 Å². The average molecular weight is 449 g/mol. The molecule has 0 bridgehead atoms. The lowest BCUT2D eigenvalue weighted by atomic mass is 9.68. The zero-order chi connectivity index (χ0) is 22.8. The normalized spacial score (nSPS) is 26.6. The Morgan fingerprint density at radius 3 is 1.81 bits per heavy atom. The topological polar surface area (TPSA) is 0 Å². The predicted octanol–water partition coefficient (Wildman–Crippen LogP) is 9.57. The third kappa shape index (κ3) is 7.96. The Bertz CT molecular complexity index is 671.